The number of hydrogen-bond donors (Lipinski definition) is 1. The zero-order valence-electron chi connectivity index (χ0n) is 13.6. The van der Waals surface area contributed by atoms with E-state index in [9.17, 15) is 4.79 Å². The summed E-state index contributed by atoms with van der Waals surface area (Å²) in [5, 5.41) is 3.98. The smallest absolute Gasteiger partial charge is 0.244 e. The molecule has 0 aromatic heterocycles. The molecule has 0 spiro atoms. The number of nitrogens with zero attached hydrogens (tertiary/aromatic N) is 1. The lowest BCUT2D eigenvalue weighted by atomic mass is 9.86. The zero-order chi connectivity index (χ0) is 16.9. The molecule has 0 atom stereocenters. The number of benzene rings is 2. The molecule has 0 aliphatic rings. The van der Waals surface area contributed by atoms with Gasteiger partial charge in [0.25, 0.3) is 0 Å². The first-order valence-electron chi connectivity index (χ1n) is 7.51. The second-order valence-corrected chi connectivity index (χ2v) is 7.38. The zero-order valence-corrected chi connectivity index (χ0v) is 15.2. The fourth-order valence-electron chi connectivity index (χ4n) is 2.08. The van der Waals surface area contributed by atoms with Gasteiger partial charge in [-0.25, -0.2) is 5.43 Å². The van der Waals surface area contributed by atoms with Crippen LogP contribution in [0.3, 0.4) is 0 Å². The first kappa shape index (κ1) is 17.4. The largest absolute Gasteiger partial charge is 0.273 e. The van der Waals surface area contributed by atoms with Crippen LogP contribution in [0.15, 0.2) is 58.1 Å². The van der Waals surface area contributed by atoms with Crippen LogP contribution in [0.25, 0.3) is 0 Å². The first-order chi connectivity index (χ1) is 10.8. The van der Waals surface area contributed by atoms with Gasteiger partial charge in [0.2, 0.25) is 5.91 Å². The van der Waals surface area contributed by atoms with Crippen LogP contribution < -0.4 is 5.43 Å². The van der Waals surface area contributed by atoms with Gasteiger partial charge in [-0.2, -0.15) is 5.10 Å². The predicted molar refractivity (Wildman–Crippen MR) is 98.7 cm³/mol. The van der Waals surface area contributed by atoms with Gasteiger partial charge >= 0.3 is 0 Å². The maximum Gasteiger partial charge on any atom is 0.244 e. The van der Waals surface area contributed by atoms with Crippen molar-refractivity contribution in [2.75, 3.05) is 0 Å². The average molecular weight is 373 g/mol. The standard InChI is InChI=1S/C19H21BrN2O/c1-19(2,3)16-8-4-14(5-9-16)12-18(23)22-21-13-15-6-10-17(20)11-7-15/h4-11,13H,12H2,1-3H3,(H,22,23)/b21-13-. The summed E-state index contributed by atoms with van der Waals surface area (Å²) in [6.07, 6.45) is 1.95. The molecule has 120 valence electrons. The minimum Gasteiger partial charge on any atom is -0.273 e. The molecule has 0 fully saturated rings. The van der Waals surface area contributed by atoms with Gasteiger partial charge in [0, 0.05) is 4.47 Å². The van der Waals surface area contributed by atoms with Crippen LogP contribution >= 0.6 is 15.9 Å². The van der Waals surface area contributed by atoms with Crippen LogP contribution in [0.5, 0.6) is 0 Å². The summed E-state index contributed by atoms with van der Waals surface area (Å²) in [5.74, 6) is -0.123. The molecule has 0 aliphatic carbocycles. The summed E-state index contributed by atoms with van der Waals surface area (Å²) in [6.45, 7) is 6.52. The molecule has 2 aromatic rings. The number of hydrogen-bond acceptors (Lipinski definition) is 2. The highest BCUT2D eigenvalue weighted by atomic mass is 79.9. The van der Waals surface area contributed by atoms with E-state index in [1.54, 1.807) is 6.21 Å². The van der Waals surface area contributed by atoms with E-state index in [4.69, 9.17) is 0 Å². The molecule has 0 heterocycles. The Bertz CT molecular complexity index is 683. The number of carbonyl (C=O) groups excluding carboxylic acids is 1. The van der Waals surface area contributed by atoms with Crippen LogP contribution in [0.1, 0.15) is 37.5 Å². The van der Waals surface area contributed by atoms with Gasteiger partial charge in [0.15, 0.2) is 0 Å². The highest BCUT2D eigenvalue weighted by Gasteiger charge is 2.13. The molecule has 2 aromatic carbocycles. The topological polar surface area (TPSA) is 41.5 Å². The van der Waals surface area contributed by atoms with Gasteiger partial charge in [-0.15, -0.1) is 0 Å². The Morgan fingerprint density at radius 3 is 2.26 bits per heavy atom. The third-order valence-electron chi connectivity index (χ3n) is 3.46. The lowest BCUT2D eigenvalue weighted by molar-refractivity contribution is -0.120. The van der Waals surface area contributed by atoms with Crippen molar-refractivity contribution in [3.63, 3.8) is 0 Å². The monoisotopic (exact) mass is 372 g/mol. The van der Waals surface area contributed by atoms with Crippen molar-refractivity contribution in [3.05, 3.63) is 69.7 Å². The molecule has 0 radical (unpaired) electrons. The maximum absolute atomic E-state index is 11.9. The van der Waals surface area contributed by atoms with Crippen molar-refractivity contribution in [2.45, 2.75) is 32.6 Å². The van der Waals surface area contributed by atoms with Crippen molar-refractivity contribution in [2.24, 2.45) is 5.10 Å². The Hall–Kier alpha value is -1.94. The second kappa shape index (κ2) is 7.55. The van der Waals surface area contributed by atoms with E-state index in [2.05, 4.69) is 59.4 Å². The Morgan fingerprint density at radius 2 is 1.70 bits per heavy atom. The number of amides is 1. The average Bonchev–Trinajstić information content (AvgIpc) is 2.49. The predicted octanol–water partition coefficient (Wildman–Crippen LogP) is 4.44. The van der Waals surface area contributed by atoms with Crippen molar-refractivity contribution in [1.82, 2.24) is 5.43 Å². The van der Waals surface area contributed by atoms with E-state index in [-0.39, 0.29) is 11.3 Å². The highest BCUT2D eigenvalue weighted by Crippen LogP contribution is 2.22. The fraction of sp³-hybridized carbons (Fsp3) is 0.263. The van der Waals surface area contributed by atoms with Crippen LogP contribution in [0.4, 0.5) is 0 Å². The summed E-state index contributed by atoms with van der Waals surface area (Å²) >= 11 is 3.38. The van der Waals surface area contributed by atoms with Crippen molar-refractivity contribution < 1.29 is 4.79 Å². The summed E-state index contributed by atoms with van der Waals surface area (Å²) < 4.78 is 1.01. The molecule has 1 N–H and O–H groups in total. The summed E-state index contributed by atoms with van der Waals surface area (Å²) in [4.78, 5) is 11.9. The molecule has 0 saturated heterocycles. The molecule has 4 heteroatoms. The van der Waals surface area contributed by atoms with Crippen molar-refractivity contribution in [1.29, 1.82) is 0 Å². The van der Waals surface area contributed by atoms with Crippen LogP contribution in [0.2, 0.25) is 0 Å². The second-order valence-electron chi connectivity index (χ2n) is 6.47. The summed E-state index contributed by atoms with van der Waals surface area (Å²) in [5.41, 5.74) is 5.85. The number of halogens is 1. The molecule has 0 unspecified atom stereocenters. The van der Waals surface area contributed by atoms with E-state index in [0.29, 0.717) is 6.42 Å². The summed E-state index contributed by atoms with van der Waals surface area (Å²) in [6, 6.07) is 15.9. The van der Waals surface area contributed by atoms with Gasteiger partial charge in [0.05, 0.1) is 12.6 Å². The van der Waals surface area contributed by atoms with Crippen LogP contribution in [0, 0.1) is 0 Å². The highest BCUT2D eigenvalue weighted by molar-refractivity contribution is 9.10. The molecule has 1 amide bonds. The van der Waals surface area contributed by atoms with Gasteiger partial charge in [-0.3, -0.25) is 4.79 Å². The molecule has 0 aliphatic heterocycles. The van der Waals surface area contributed by atoms with E-state index in [1.807, 2.05) is 36.4 Å². The molecule has 0 saturated carbocycles. The SMILES string of the molecule is CC(C)(C)c1ccc(CC(=O)N/N=C\c2ccc(Br)cc2)cc1. The van der Waals surface area contributed by atoms with Gasteiger partial charge in [-0.05, 0) is 34.2 Å². The molecular weight excluding hydrogens is 352 g/mol. The van der Waals surface area contributed by atoms with E-state index in [1.165, 1.54) is 5.56 Å². The molecule has 0 bridgehead atoms. The molecule has 23 heavy (non-hydrogen) atoms. The summed E-state index contributed by atoms with van der Waals surface area (Å²) in [7, 11) is 0. The van der Waals surface area contributed by atoms with Crippen molar-refractivity contribution in [3.8, 4) is 0 Å². The Kier molecular flexibility index (Phi) is 5.72. The Labute approximate surface area is 145 Å². The van der Waals surface area contributed by atoms with Crippen LogP contribution in [-0.2, 0) is 16.6 Å². The third-order valence-corrected chi connectivity index (χ3v) is 3.99. The van der Waals surface area contributed by atoms with Gasteiger partial charge in [0.1, 0.15) is 0 Å². The number of rotatable bonds is 4. The molecule has 2 rings (SSSR count). The number of nitrogens with one attached hydrogen (secondary N) is 1. The van der Waals surface area contributed by atoms with E-state index in [0.717, 1.165) is 15.6 Å². The van der Waals surface area contributed by atoms with Crippen molar-refractivity contribution >= 4 is 28.1 Å². The maximum atomic E-state index is 11.9. The lowest BCUT2D eigenvalue weighted by Crippen LogP contribution is -2.20. The first-order valence-corrected chi connectivity index (χ1v) is 8.31. The number of carbonyl (C=O) groups is 1. The van der Waals surface area contributed by atoms with Crippen LogP contribution in [-0.4, -0.2) is 12.1 Å². The quantitative estimate of drug-likeness (QED) is 0.625. The van der Waals surface area contributed by atoms with E-state index < -0.39 is 0 Å². The normalized spacial score (nSPS) is 11.7. The molecular formula is C19H21BrN2O. The minimum atomic E-state index is -0.123. The molecule has 3 nitrogen and oxygen atoms in total. The lowest BCUT2D eigenvalue weighted by Gasteiger charge is -2.19. The van der Waals surface area contributed by atoms with Gasteiger partial charge in [-0.1, -0.05) is 73.1 Å². The number of hydrazone groups is 1. The Morgan fingerprint density at radius 1 is 1.09 bits per heavy atom. The van der Waals surface area contributed by atoms with E-state index >= 15 is 0 Å². The fourth-order valence-corrected chi connectivity index (χ4v) is 2.34. The minimum absolute atomic E-state index is 0.121. The third kappa shape index (κ3) is 5.64. The van der Waals surface area contributed by atoms with Gasteiger partial charge < -0.3 is 0 Å². The Balaban J connectivity index is 1.88.